The fourth-order valence-electron chi connectivity index (χ4n) is 1.13. The summed E-state index contributed by atoms with van der Waals surface area (Å²) < 4.78 is 0. The number of carbonyl (C=O) groups is 2. The van der Waals surface area contributed by atoms with Gasteiger partial charge in [0.15, 0.2) is 0 Å². The number of carbonyl (C=O) groups excluding carboxylic acids is 2. The number of rotatable bonds is 1. The van der Waals surface area contributed by atoms with Crippen molar-refractivity contribution >= 4 is 23.6 Å². The van der Waals surface area contributed by atoms with Gasteiger partial charge >= 0.3 is 51.4 Å². The van der Waals surface area contributed by atoms with Crippen LogP contribution in [0.4, 0.5) is 0 Å². The molecule has 0 aromatic rings. The van der Waals surface area contributed by atoms with E-state index in [4.69, 9.17) is 0 Å². The maximum Gasteiger partial charge on any atom is 1.00 e. The molecule has 1 amide bonds. The minimum atomic E-state index is -1.27. The zero-order valence-corrected chi connectivity index (χ0v) is 10.4. The Kier molecular flexibility index (Phi) is 3.41. The van der Waals surface area contributed by atoms with E-state index < -0.39 is 5.97 Å². The van der Waals surface area contributed by atoms with E-state index in [1.54, 1.807) is 0 Å². The van der Waals surface area contributed by atoms with Crippen molar-refractivity contribution in [2.24, 2.45) is 0 Å². The molecule has 0 spiro atoms. The Morgan fingerprint density at radius 2 is 2.42 bits per heavy atom. The van der Waals surface area contributed by atoms with Gasteiger partial charge in [-0.3, -0.25) is 9.69 Å². The molecule has 0 radical (unpaired) electrons. The van der Waals surface area contributed by atoms with Crippen LogP contribution in [0.25, 0.3) is 0 Å². The van der Waals surface area contributed by atoms with E-state index in [9.17, 15) is 14.7 Å². The van der Waals surface area contributed by atoms with Gasteiger partial charge in [-0.1, -0.05) is 0 Å². The van der Waals surface area contributed by atoms with E-state index in [-0.39, 0.29) is 68.4 Å². The molecule has 6 heteroatoms. The quantitative estimate of drug-likeness (QED) is 0.325. The number of amides is 1. The molecule has 1 atom stereocenters. The molecule has 0 saturated carbocycles. The Labute approximate surface area is 116 Å². The molecule has 12 heavy (non-hydrogen) atoms. The first-order valence-corrected chi connectivity index (χ1v) is 4.03. The second-order valence-electron chi connectivity index (χ2n) is 2.35. The van der Waals surface area contributed by atoms with Crippen molar-refractivity contribution < 1.29 is 66.1 Å². The monoisotopic (exact) mass is 209 g/mol. The van der Waals surface area contributed by atoms with Gasteiger partial charge in [0.2, 0.25) is 5.91 Å². The average molecular weight is 209 g/mol. The van der Waals surface area contributed by atoms with Crippen LogP contribution in [0.3, 0.4) is 0 Å². The molecule has 1 fully saturated rings. The summed E-state index contributed by atoms with van der Waals surface area (Å²) in [4.78, 5) is 22.4. The minimum Gasteiger partial charge on any atom is -0.543 e. The zero-order chi connectivity index (χ0) is 8.01. The molecule has 1 saturated heterocycles. The van der Waals surface area contributed by atoms with Crippen LogP contribution in [0.5, 0.6) is 0 Å². The van der Waals surface area contributed by atoms with Crippen LogP contribution < -0.4 is 56.5 Å². The van der Waals surface area contributed by atoms with Crippen LogP contribution >= 0.6 is 11.8 Å². The van der Waals surface area contributed by atoms with E-state index in [0.717, 1.165) is 0 Å². The molecule has 2 aliphatic heterocycles. The van der Waals surface area contributed by atoms with Gasteiger partial charge in [-0.25, -0.2) is 0 Å². The van der Waals surface area contributed by atoms with Crippen molar-refractivity contribution in [1.29, 1.82) is 0 Å². The Morgan fingerprint density at radius 1 is 1.75 bits per heavy atom. The van der Waals surface area contributed by atoms with Gasteiger partial charge in [-0.05, 0) is 5.41 Å². The predicted octanol–water partition coefficient (Wildman–Crippen LogP) is -4.11. The van der Waals surface area contributed by atoms with Crippen LogP contribution in [0.1, 0.15) is 6.42 Å². The minimum absolute atomic E-state index is 0. The predicted molar refractivity (Wildman–Crippen MR) is 35.9 cm³/mol. The third kappa shape index (κ3) is 1.51. The van der Waals surface area contributed by atoms with Crippen molar-refractivity contribution in [3.05, 3.63) is 11.1 Å². The maximum absolute atomic E-state index is 10.8. The topological polar surface area (TPSA) is 60.4 Å². The SMILES string of the molecule is O=C([O-])C1=CS[C@@H]2CC(=O)N12.[K+]. The number of carboxylic acids is 1. The van der Waals surface area contributed by atoms with E-state index in [1.807, 2.05) is 0 Å². The number of fused-ring (bicyclic) bond motifs is 1. The van der Waals surface area contributed by atoms with E-state index in [1.165, 1.54) is 22.1 Å². The number of hydrogen-bond donors (Lipinski definition) is 0. The fraction of sp³-hybridized carbons (Fsp3) is 0.333. The zero-order valence-electron chi connectivity index (χ0n) is 6.44. The second-order valence-corrected chi connectivity index (χ2v) is 3.40. The first-order chi connectivity index (χ1) is 5.20. The molecular weight excluding hydrogens is 205 g/mol. The van der Waals surface area contributed by atoms with Crippen molar-refractivity contribution in [3.8, 4) is 0 Å². The van der Waals surface area contributed by atoms with Gasteiger partial charge < -0.3 is 9.90 Å². The number of thioether (sulfide) groups is 1. The Morgan fingerprint density at radius 3 is 2.83 bits per heavy atom. The second kappa shape index (κ2) is 3.81. The van der Waals surface area contributed by atoms with Gasteiger partial charge in [0.25, 0.3) is 0 Å². The summed E-state index contributed by atoms with van der Waals surface area (Å²) in [6, 6.07) is 0. The number of hydrogen-bond acceptors (Lipinski definition) is 4. The number of nitrogens with zero attached hydrogens (tertiary/aromatic N) is 1. The molecule has 2 heterocycles. The Bertz CT molecular complexity index is 278. The largest absolute Gasteiger partial charge is 1.00 e. The third-order valence-corrected chi connectivity index (χ3v) is 2.76. The summed E-state index contributed by atoms with van der Waals surface area (Å²) in [5.41, 5.74) is 0.0104. The molecule has 2 aliphatic rings. The number of aliphatic carboxylic acids is 1. The molecule has 0 unspecified atom stereocenters. The summed E-state index contributed by atoms with van der Waals surface area (Å²) in [6.45, 7) is 0. The van der Waals surface area contributed by atoms with Crippen molar-refractivity contribution in [2.45, 2.75) is 11.8 Å². The van der Waals surface area contributed by atoms with Crippen LogP contribution in [-0.2, 0) is 9.59 Å². The first kappa shape index (κ1) is 10.7. The van der Waals surface area contributed by atoms with Crippen LogP contribution in [0.15, 0.2) is 11.1 Å². The molecule has 0 aliphatic carbocycles. The number of β-lactam (4-membered cyclic amide) rings is 1. The normalized spacial score (nSPS) is 25.3. The van der Waals surface area contributed by atoms with E-state index >= 15 is 0 Å². The smallest absolute Gasteiger partial charge is 0.543 e. The molecular formula is C6H4KNO3S. The van der Waals surface area contributed by atoms with Crippen molar-refractivity contribution in [1.82, 2.24) is 4.90 Å². The average Bonchev–Trinajstić information content (AvgIpc) is 2.25. The number of carboxylic acid groups (broad SMARTS) is 1. The van der Waals surface area contributed by atoms with Crippen molar-refractivity contribution in [2.75, 3.05) is 0 Å². The summed E-state index contributed by atoms with van der Waals surface area (Å²) in [5.74, 6) is -1.40. The van der Waals surface area contributed by atoms with Gasteiger partial charge in [0, 0.05) is 0 Å². The van der Waals surface area contributed by atoms with Gasteiger partial charge in [-0.2, -0.15) is 0 Å². The van der Waals surface area contributed by atoms with Gasteiger partial charge in [0.05, 0.1) is 23.5 Å². The summed E-state index contributed by atoms with van der Waals surface area (Å²) >= 11 is 1.35. The standard InChI is InChI=1S/C6H5NO3S.K/c8-4-1-5-7(4)3(2-11-5)6(9)10;/h2,5H,1H2,(H,9,10);/q;+1/p-1/t5-;/m1./s1. The third-order valence-electron chi connectivity index (χ3n) is 1.71. The van der Waals surface area contributed by atoms with Gasteiger partial charge in [-0.15, -0.1) is 11.8 Å². The molecule has 0 aromatic heterocycles. The van der Waals surface area contributed by atoms with E-state index in [2.05, 4.69) is 0 Å². The molecule has 0 bridgehead atoms. The van der Waals surface area contributed by atoms with Crippen LogP contribution in [0.2, 0.25) is 0 Å². The Balaban J connectivity index is 0.000000720. The summed E-state index contributed by atoms with van der Waals surface area (Å²) in [7, 11) is 0. The van der Waals surface area contributed by atoms with Gasteiger partial charge in [0.1, 0.15) is 0 Å². The summed E-state index contributed by atoms with van der Waals surface area (Å²) in [5, 5.41) is 11.8. The molecule has 0 aromatic carbocycles. The summed E-state index contributed by atoms with van der Waals surface area (Å²) in [6.07, 6.45) is 0.442. The molecule has 0 N–H and O–H groups in total. The molecule has 2 rings (SSSR count). The van der Waals surface area contributed by atoms with E-state index in [0.29, 0.717) is 6.42 Å². The van der Waals surface area contributed by atoms with Crippen LogP contribution in [-0.4, -0.2) is 22.2 Å². The maximum atomic E-state index is 10.8. The Hall–Kier alpha value is 0.666. The molecule has 58 valence electrons. The van der Waals surface area contributed by atoms with Crippen molar-refractivity contribution in [3.63, 3.8) is 0 Å². The first-order valence-electron chi connectivity index (χ1n) is 3.09. The fourth-order valence-corrected chi connectivity index (χ4v) is 2.22. The van der Waals surface area contributed by atoms with Crippen LogP contribution in [0, 0.1) is 0 Å². The molecule has 4 nitrogen and oxygen atoms in total.